The molecule has 0 aliphatic rings. The first kappa shape index (κ1) is 10.2. The summed E-state index contributed by atoms with van der Waals surface area (Å²) in [5.74, 6) is -0.402. The van der Waals surface area contributed by atoms with Gasteiger partial charge in [-0.2, -0.15) is 5.10 Å². The van der Waals surface area contributed by atoms with E-state index in [-0.39, 0.29) is 0 Å². The zero-order valence-electron chi connectivity index (χ0n) is 8.11. The van der Waals surface area contributed by atoms with Crippen molar-refractivity contribution in [3.8, 4) is 0 Å². The average molecular weight is 269 g/mol. The third-order valence-electron chi connectivity index (χ3n) is 2.25. The summed E-state index contributed by atoms with van der Waals surface area (Å²) >= 11 is 2.66. The Labute approximate surface area is 95.3 Å². The van der Waals surface area contributed by atoms with Crippen molar-refractivity contribution in [2.24, 2.45) is 0 Å². The average Bonchev–Trinajstić information content (AvgIpc) is 2.69. The molecule has 1 aromatic heterocycles. The third kappa shape index (κ3) is 1.74. The highest BCUT2D eigenvalue weighted by Gasteiger charge is 2.08. The van der Waals surface area contributed by atoms with Crippen molar-refractivity contribution < 1.29 is 8.62 Å². The lowest BCUT2D eigenvalue weighted by molar-refractivity contribution is 0.0782. The Kier molecular flexibility index (Phi) is 2.73. The number of rotatable bonds is 2. The van der Waals surface area contributed by atoms with Gasteiger partial charge in [0.2, 0.25) is 0 Å². The Morgan fingerprint density at radius 3 is 3.07 bits per heavy atom. The number of carbonyl (C=O) groups is 1. The molecule has 0 spiro atoms. The van der Waals surface area contributed by atoms with Crippen molar-refractivity contribution in [2.45, 2.75) is 13.5 Å². The second kappa shape index (κ2) is 4.02. The number of carbonyl (C=O) groups excluding carboxylic acids is 1. The van der Waals surface area contributed by atoms with Crippen LogP contribution in [0.2, 0.25) is 0 Å². The van der Waals surface area contributed by atoms with Crippen molar-refractivity contribution in [1.82, 2.24) is 9.78 Å². The zero-order chi connectivity index (χ0) is 10.8. The van der Waals surface area contributed by atoms with Crippen LogP contribution in [0.1, 0.15) is 17.3 Å². The van der Waals surface area contributed by atoms with Gasteiger partial charge in [0.25, 0.3) is 0 Å². The third-order valence-corrected chi connectivity index (χ3v) is 2.54. The second-order valence-corrected chi connectivity index (χ2v) is 3.42. The fraction of sp³-hybridized carbons (Fsp3) is 0.200. The summed E-state index contributed by atoms with van der Waals surface area (Å²) in [6.45, 7) is 2.83. The van der Waals surface area contributed by atoms with Gasteiger partial charge in [-0.05, 0) is 25.1 Å². The molecule has 0 N–H and O–H groups in total. The molecule has 4 nitrogen and oxygen atoms in total. The molecule has 0 unspecified atom stereocenters. The predicted molar refractivity (Wildman–Crippen MR) is 59.7 cm³/mol. The van der Waals surface area contributed by atoms with Crippen LogP contribution in [0.4, 0.5) is 0 Å². The lowest BCUT2D eigenvalue weighted by Gasteiger charge is -1.99. The van der Waals surface area contributed by atoms with Gasteiger partial charge in [-0.3, -0.25) is 4.68 Å². The Balaban J connectivity index is 2.53. The summed E-state index contributed by atoms with van der Waals surface area (Å²) in [6, 6.07) is 5.35. The molecule has 0 aliphatic carbocycles. The van der Waals surface area contributed by atoms with Gasteiger partial charge in [0.05, 0.1) is 17.3 Å². The van der Waals surface area contributed by atoms with Crippen LogP contribution in [0, 0.1) is 0 Å². The van der Waals surface area contributed by atoms with E-state index in [0.717, 1.165) is 17.4 Å². The van der Waals surface area contributed by atoms with Crippen molar-refractivity contribution in [3.63, 3.8) is 0 Å². The summed E-state index contributed by atoms with van der Waals surface area (Å²) in [4.78, 5) is 11.2. The molecule has 0 radical (unpaired) electrons. The molecule has 0 fully saturated rings. The number of aromatic nitrogens is 2. The topological polar surface area (TPSA) is 44.1 Å². The van der Waals surface area contributed by atoms with Crippen molar-refractivity contribution in [3.05, 3.63) is 30.0 Å². The van der Waals surface area contributed by atoms with Crippen LogP contribution >= 0.6 is 16.3 Å². The van der Waals surface area contributed by atoms with Gasteiger partial charge >= 0.3 is 5.97 Å². The van der Waals surface area contributed by atoms with E-state index in [1.807, 2.05) is 17.7 Å². The molecule has 0 amide bonds. The summed E-state index contributed by atoms with van der Waals surface area (Å²) in [5, 5.41) is 5.13. The molecule has 0 bridgehead atoms. The van der Waals surface area contributed by atoms with E-state index >= 15 is 0 Å². The number of halogens is 1. The summed E-state index contributed by atoms with van der Waals surface area (Å²) < 4.78 is 6.34. The van der Waals surface area contributed by atoms with Crippen molar-refractivity contribution >= 4 is 33.1 Å². The molecule has 0 aliphatic heterocycles. The van der Waals surface area contributed by atoms with E-state index in [9.17, 15) is 4.79 Å². The molecule has 5 heteroatoms. The number of benzene rings is 1. The van der Waals surface area contributed by atoms with Crippen molar-refractivity contribution in [2.75, 3.05) is 0 Å². The molecule has 0 atom stereocenters. The SMILES string of the molecule is CCn1ncc2cc(C(=O)OBr)ccc21. The van der Waals surface area contributed by atoms with Gasteiger partial charge in [0, 0.05) is 11.9 Å². The molecule has 1 heterocycles. The molecule has 0 saturated carbocycles. The zero-order valence-corrected chi connectivity index (χ0v) is 9.69. The van der Waals surface area contributed by atoms with Crippen LogP contribution < -0.4 is 0 Å². The highest BCUT2D eigenvalue weighted by atomic mass is 79.9. The monoisotopic (exact) mass is 268 g/mol. The normalized spacial score (nSPS) is 10.5. The van der Waals surface area contributed by atoms with Crippen LogP contribution in [0.3, 0.4) is 0 Å². The van der Waals surface area contributed by atoms with Gasteiger partial charge < -0.3 is 3.83 Å². The smallest absolute Gasteiger partial charge is 0.349 e. The number of nitrogens with zero attached hydrogens (tertiary/aromatic N) is 2. The van der Waals surface area contributed by atoms with E-state index in [1.165, 1.54) is 0 Å². The maximum Gasteiger partial charge on any atom is 0.349 e. The minimum Gasteiger partial charge on any atom is -0.380 e. The molecule has 0 saturated heterocycles. The Morgan fingerprint density at radius 1 is 1.60 bits per heavy atom. The molecular formula is C10H9BrN2O2. The molecule has 15 heavy (non-hydrogen) atoms. The van der Waals surface area contributed by atoms with Gasteiger partial charge in [0.1, 0.15) is 0 Å². The second-order valence-electron chi connectivity index (χ2n) is 3.10. The Hall–Kier alpha value is -1.36. The summed E-state index contributed by atoms with van der Waals surface area (Å²) in [7, 11) is 0. The Bertz CT molecular complexity index is 507. The molecule has 2 rings (SSSR count). The fourth-order valence-corrected chi connectivity index (χ4v) is 1.70. The maximum absolute atomic E-state index is 11.2. The predicted octanol–water partition coefficient (Wildman–Crippen LogP) is 2.52. The molecule has 2 aromatic rings. The van der Waals surface area contributed by atoms with E-state index in [1.54, 1.807) is 18.3 Å². The van der Waals surface area contributed by atoms with Crippen LogP contribution in [-0.4, -0.2) is 15.7 Å². The number of aryl methyl sites for hydroxylation is 1. The lowest BCUT2D eigenvalue weighted by Crippen LogP contribution is -1.98. The number of fused-ring (bicyclic) bond motifs is 1. The highest BCUT2D eigenvalue weighted by Crippen LogP contribution is 2.16. The van der Waals surface area contributed by atoms with Crippen LogP contribution in [0.15, 0.2) is 24.4 Å². The summed E-state index contributed by atoms with van der Waals surface area (Å²) in [6.07, 6.45) is 1.74. The van der Waals surface area contributed by atoms with Crippen LogP contribution in [0.5, 0.6) is 0 Å². The molecule has 1 aromatic carbocycles. The first-order valence-electron chi connectivity index (χ1n) is 4.54. The minimum atomic E-state index is -0.402. The van der Waals surface area contributed by atoms with Gasteiger partial charge in [-0.15, -0.1) is 0 Å². The Morgan fingerprint density at radius 2 is 2.40 bits per heavy atom. The highest BCUT2D eigenvalue weighted by molar-refractivity contribution is 9.06. The molecule has 78 valence electrons. The standard InChI is InChI=1S/C10H9BrN2O2/c1-2-13-9-4-3-7(10(14)15-11)5-8(9)6-12-13/h3-6H,2H2,1H3. The van der Waals surface area contributed by atoms with Crippen LogP contribution in [0.25, 0.3) is 10.9 Å². The largest absolute Gasteiger partial charge is 0.380 e. The molecular weight excluding hydrogens is 260 g/mol. The quantitative estimate of drug-likeness (QED) is 0.841. The lowest BCUT2D eigenvalue weighted by atomic mass is 10.1. The summed E-state index contributed by atoms with van der Waals surface area (Å²) in [5.41, 5.74) is 1.53. The number of hydrogen-bond acceptors (Lipinski definition) is 3. The van der Waals surface area contributed by atoms with Gasteiger partial charge in [0.15, 0.2) is 16.3 Å². The van der Waals surface area contributed by atoms with Gasteiger partial charge in [-0.1, -0.05) is 0 Å². The number of hydrogen-bond donors (Lipinski definition) is 0. The first-order chi connectivity index (χ1) is 7.26. The van der Waals surface area contributed by atoms with E-state index < -0.39 is 5.97 Å². The maximum atomic E-state index is 11.2. The van der Waals surface area contributed by atoms with Crippen LogP contribution in [-0.2, 0) is 10.4 Å². The van der Waals surface area contributed by atoms with Gasteiger partial charge in [-0.25, -0.2) is 4.79 Å². The van der Waals surface area contributed by atoms with Crippen molar-refractivity contribution in [1.29, 1.82) is 0 Å². The minimum absolute atomic E-state index is 0.402. The van der Waals surface area contributed by atoms with E-state index in [4.69, 9.17) is 0 Å². The first-order valence-corrected chi connectivity index (χ1v) is 5.19. The van der Waals surface area contributed by atoms with E-state index in [2.05, 4.69) is 25.2 Å². The van der Waals surface area contributed by atoms with E-state index in [0.29, 0.717) is 5.56 Å². The fourth-order valence-electron chi connectivity index (χ4n) is 1.51.